The lowest BCUT2D eigenvalue weighted by atomic mass is 9.86. The second-order valence-electron chi connectivity index (χ2n) is 11.7. The van der Waals surface area contributed by atoms with E-state index in [4.69, 9.17) is 0 Å². The van der Waals surface area contributed by atoms with Gasteiger partial charge in [0.05, 0.1) is 0 Å². The lowest BCUT2D eigenvalue weighted by molar-refractivity contribution is 0.324. The van der Waals surface area contributed by atoms with Crippen molar-refractivity contribution in [3.63, 3.8) is 0 Å². The van der Waals surface area contributed by atoms with Crippen molar-refractivity contribution in [3.8, 4) is 0 Å². The minimum atomic E-state index is 0.428. The molecule has 0 heterocycles. The third kappa shape index (κ3) is 27.4. The fourth-order valence-electron chi connectivity index (χ4n) is 2.65. The highest BCUT2D eigenvalue weighted by atomic mass is 14.2. The van der Waals surface area contributed by atoms with E-state index in [0.29, 0.717) is 10.8 Å². The van der Waals surface area contributed by atoms with Gasteiger partial charge in [-0.3, -0.25) is 0 Å². The van der Waals surface area contributed by atoms with E-state index in [9.17, 15) is 0 Å². The Labute approximate surface area is 180 Å². The van der Waals surface area contributed by atoms with Gasteiger partial charge < -0.3 is 0 Å². The molecule has 0 saturated heterocycles. The molecule has 0 nitrogen and oxygen atoms in total. The van der Waals surface area contributed by atoms with Crippen LogP contribution in [-0.4, -0.2) is 0 Å². The average Bonchev–Trinajstić information content (AvgIpc) is 2.49. The normalized spacial score (nSPS) is 13.4. The van der Waals surface area contributed by atoms with Crippen LogP contribution in [-0.2, 0) is 0 Å². The number of hydrogen-bond donors (Lipinski definition) is 0. The van der Waals surface area contributed by atoms with Crippen LogP contribution >= 0.6 is 0 Å². The Bertz CT molecular complexity index is 463. The van der Waals surface area contributed by atoms with Crippen LogP contribution in [0.3, 0.4) is 0 Å². The molecule has 0 unspecified atom stereocenters. The molecule has 28 heavy (non-hydrogen) atoms. The van der Waals surface area contributed by atoms with Crippen LogP contribution in [0.15, 0.2) is 34.9 Å². The van der Waals surface area contributed by atoms with Gasteiger partial charge in [-0.05, 0) is 89.9 Å². The maximum absolute atomic E-state index is 2.39. The largest absolute Gasteiger partial charge is 0.0859 e. The molecule has 0 rings (SSSR count). The van der Waals surface area contributed by atoms with E-state index in [1.54, 1.807) is 0 Å². The molecule has 0 bridgehead atoms. The monoisotopic (exact) mass is 390 g/mol. The number of allylic oxidation sites excluding steroid dienone is 6. The van der Waals surface area contributed by atoms with Gasteiger partial charge in [-0.1, -0.05) is 89.8 Å². The van der Waals surface area contributed by atoms with Gasteiger partial charge in [0, 0.05) is 0 Å². The second kappa shape index (κ2) is 15.1. The SMILES string of the molecule is CC(C)=CCC/C(C)=C/CC(C)(C)C.CC(C)=CCC[C@@H](C)CCC(C)(C)C. The molecule has 166 valence electrons. The van der Waals surface area contributed by atoms with E-state index in [0.717, 1.165) is 5.92 Å². The summed E-state index contributed by atoms with van der Waals surface area (Å²) >= 11 is 0. The van der Waals surface area contributed by atoms with Crippen LogP contribution in [0.2, 0.25) is 0 Å². The fourth-order valence-corrected chi connectivity index (χ4v) is 2.65. The first-order chi connectivity index (χ1) is 12.6. The summed E-state index contributed by atoms with van der Waals surface area (Å²) in [6.07, 6.45) is 16.0. The summed E-state index contributed by atoms with van der Waals surface area (Å²) < 4.78 is 0. The van der Waals surface area contributed by atoms with Crippen molar-refractivity contribution in [1.29, 1.82) is 0 Å². The molecule has 0 N–H and O–H groups in total. The van der Waals surface area contributed by atoms with Crippen molar-refractivity contribution in [2.45, 2.75) is 128 Å². The number of rotatable bonds is 9. The smallest absolute Gasteiger partial charge is 0.0288 e. The Hall–Kier alpha value is -0.780. The summed E-state index contributed by atoms with van der Waals surface area (Å²) in [7, 11) is 0. The molecule has 0 radical (unpaired) electrons. The highest BCUT2D eigenvalue weighted by Gasteiger charge is 2.12. The molecule has 0 amide bonds. The molecule has 0 spiro atoms. The zero-order valence-corrected chi connectivity index (χ0v) is 21.8. The van der Waals surface area contributed by atoms with Gasteiger partial charge in [-0.25, -0.2) is 0 Å². The Morgan fingerprint density at radius 3 is 1.61 bits per heavy atom. The molecule has 1 atom stereocenters. The van der Waals surface area contributed by atoms with E-state index in [1.165, 1.54) is 61.7 Å². The first-order valence-electron chi connectivity index (χ1n) is 11.5. The van der Waals surface area contributed by atoms with Gasteiger partial charge in [0.15, 0.2) is 0 Å². The summed E-state index contributed by atoms with van der Waals surface area (Å²) in [5.74, 6) is 0.879. The van der Waals surface area contributed by atoms with Gasteiger partial charge in [-0.15, -0.1) is 0 Å². The van der Waals surface area contributed by atoms with Gasteiger partial charge >= 0.3 is 0 Å². The minimum Gasteiger partial charge on any atom is -0.0859 e. The molecule has 0 fully saturated rings. The van der Waals surface area contributed by atoms with Crippen LogP contribution in [0, 0.1) is 16.7 Å². The van der Waals surface area contributed by atoms with E-state index in [1.807, 2.05) is 0 Å². The maximum atomic E-state index is 2.39. The highest BCUT2D eigenvalue weighted by molar-refractivity contribution is 5.03. The third-order valence-corrected chi connectivity index (χ3v) is 4.75. The lowest BCUT2D eigenvalue weighted by Crippen LogP contribution is -2.07. The van der Waals surface area contributed by atoms with Crippen LogP contribution in [0.5, 0.6) is 0 Å². The summed E-state index contributed by atoms with van der Waals surface area (Å²) in [5.41, 5.74) is 5.33. The second-order valence-corrected chi connectivity index (χ2v) is 11.7. The van der Waals surface area contributed by atoms with E-state index < -0.39 is 0 Å². The topological polar surface area (TPSA) is 0 Å². The zero-order chi connectivity index (χ0) is 22.4. The Morgan fingerprint density at radius 2 is 1.18 bits per heavy atom. The lowest BCUT2D eigenvalue weighted by Gasteiger charge is -2.20. The summed E-state index contributed by atoms with van der Waals surface area (Å²) in [6.45, 7) is 27.1. The molecule has 0 aliphatic rings. The maximum Gasteiger partial charge on any atom is -0.0288 e. The summed E-state index contributed by atoms with van der Waals surface area (Å²) in [4.78, 5) is 0. The molecule has 0 aromatic heterocycles. The molecular weight excluding hydrogens is 336 g/mol. The van der Waals surface area contributed by atoms with E-state index in [-0.39, 0.29) is 0 Å². The van der Waals surface area contributed by atoms with Crippen molar-refractivity contribution >= 4 is 0 Å². The summed E-state index contributed by atoms with van der Waals surface area (Å²) in [5, 5.41) is 0. The Kier molecular flexibility index (Phi) is 15.9. The van der Waals surface area contributed by atoms with Crippen LogP contribution in [0.25, 0.3) is 0 Å². The molecule has 0 heteroatoms. The predicted octanol–water partition coefficient (Wildman–Crippen LogP) is 10.3. The molecule has 0 aromatic rings. The fraction of sp³-hybridized carbons (Fsp3) is 0.786. The molecule has 0 saturated carbocycles. The zero-order valence-electron chi connectivity index (χ0n) is 21.8. The minimum absolute atomic E-state index is 0.428. The van der Waals surface area contributed by atoms with Crippen molar-refractivity contribution in [3.05, 3.63) is 34.9 Å². The van der Waals surface area contributed by atoms with Gasteiger partial charge in [0.1, 0.15) is 0 Å². The standard InChI is InChI=1S/C14H28.C14H26/c2*1-12(2)8-7-9-13(3)10-11-14(4,5)6/h8,13H,7,9-11H2,1-6H3;8,10H,7,9,11H2,1-6H3/b;13-10+/t13-;/m1./s1. The van der Waals surface area contributed by atoms with Gasteiger partial charge in [0.2, 0.25) is 0 Å². The molecule has 0 aliphatic carbocycles. The van der Waals surface area contributed by atoms with E-state index in [2.05, 4.69) is 101 Å². The van der Waals surface area contributed by atoms with Crippen molar-refractivity contribution in [2.24, 2.45) is 16.7 Å². The highest BCUT2D eigenvalue weighted by Crippen LogP contribution is 2.25. The first kappa shape index (κ1) is 29.4. The van der Waals surface area contributed by atoms with Crippen molar-refractivity contribution in [2.75, 3.05) is 0 Å². The number of hydrogen-bond acceptors (Lipinski definition) is 0. The molecule has 0 aromatic carbocycles. The van der Waals surface area contributed by atoms with Crippen LogP contribution in [0.1, 0.15) is 128 Å². The average molecular weight is 391 g/mol. The molecular formula is C28H54. The van der Waals surface area contributed by atoms with Gasteiger partial charge in [-0.2, -0.15) is 0 Å². The van der Waals surface area contributed by atoms with Crippen LogP contribution < -0.4 is 0 Å². The van der Waals surface area contributed by atoms with E-state index >= 15 is 0 Å². The van der Waals surface area contributed by atoms with Gasteiger partial charge in [0.25, 0.3) is 0 Å². The Balaban J connectivity index is 0. The Morgan fingerprint density at radius 1 is 0.679 bits per heavy atom. The van der Waals surface area contributed by atoms with Crippen LogP contribution in [0.4, 0.5) is 0 Å². The third-order valence-electron chi connectivity index (χ3n) is 4.75. The van der Waals surface area contributed by atoms with Crippen molar-refractivity contribution in [1.82, 2.24) is 0 Å². The molecule has 0 aliphatic heterocycles. The quantitative estimate of drug-likeness (QED) is 0.343. The van der Waals surface area contributed by atoms with Crippen molar-refractivity contribution < 1.29 is 0 Å². The summed E-state index contributed by atoms with van der Waals surface area (Å²) in [6, 6.07) is 0. The predicted molar refractivity (Wildman–Crippen MR) is 133 cm³/mol. The first-order valence-corrected chi connectivity index (χ1v) is 11.5.